The molecule has 0 aromatic heterocycles. The first-order valence-electron chi connectivity index (χ1n) is 5.98. The normalized spacial score (nSPS) is 24.2. The van der Waals surface area contributed by atoms with E-state index in [0.29, 0.717) is 19.3 Å². The summed E-state index contributed by atoms with van der Waals surface area (Å²) in [6.45, 7) is 3.86. The van der Waals surface area contributed by atoms with E-state index >= 15 is 0 Å². The molecule has 0 aromatic carbocycles. The summed E-state index contributed by atoms with van der Waals surface area (Å²) in [5.74, 6) is -2.98. The molecule has 1 fully saturated rings. The van der Waals surface area contributed by atoms with Crippen LogP contribution in [0.15, 0.2) is 0 Å². The fraction of sp³-hybridized carbons (Fsp3) is 0.750. The van der Waals surface area contributed by atoms with E-state index in [0.717, 1.165) is 0 Å². The molecule has 1 rings (SSSR count). The summed E-state index contributed by atoms with van der Waals surface area (Å²) < 4.78 is 9.66. The van der Waals surface area contributed by atoms with E-state index in [1.807, 2.05) is 0 Å². The van der Waals surface area contributed by atoms with E-state index in [1.54, 1.807) is 13.8 Å². The standard InChI is InChI=1S/C12H18O5/c1-3-16-11(14)8-6-5-7-9(10(8)13)12(15)17-4-2/h8-9H,3-7H2,1-2H3/t8-,9+. The van der Waals surface area contributed by atoms with Crippen LogP contribution in [0.2, 0.25) is 0 Å². The fourth-order valence-electron chi connectivity index (χ4n) is 2.01. The van der Waals surface area contributed by atoms with Gasteiger partial charge in [0.15, 0.2) is 5.78 Å². The first-order valence-corrected chi connectivity index (χ1v) is 5.98. The van der Waals surface area contributed by atoms with Gasteiger partial charge in [-0.1, -0.05) is 6.42 Å². The Balaban J connectivity index is 2.68. The molecule has 96 valence electrons. The van der Waals surface area contributed by atoms with Gasteiger partial charge >= 0.3 is 11.9 Å². The lowest BCUT2D eigenvalue weighted by Gasteiger charge is -2.24. The van der Waals surface area contributed by atoms with Crippen LogP contribution in [0.3, 0.4) is 0 Å². The Labute approximate surface area is 100 Å². The minimum absolute atomic E-state index is 0.243. The summed E-state index contributed by atoms with van der Waals surface area (Å²) in [5, 5.41) is 0. The van der Waals surface area contributed by atoms with E-state index in [9.17, 15) is 14.4 Å². The Morgan fingerprint density at radius 1 is 1.06 bits per heavy atom. The molecule has 0 heterocycles. The lowest BCUT2D eigenvalue weighted by atomic mass is 9.80. The highest BCUT2D eigenvalue weighted by molar-refractivity contribution is 6.08. The van der Waals surface area contributed by atoms with Crippen LogP contribution in [-0.2, 0) is 23.9 Å². The number of carbonyl (C=O) groups excluding carboxylic acids is 3. The van der Waals surface area contributed by atoms with Gasteiger partial charge in [0.25, 0.3) is 0 Å². The molecule has 0 N–H and O–H groups in total. The summed E-state index contributed by atoms with van der Waals surface area (Å²) in [7, 11) is 0. The van der Waals surface area contributed by atoms with Crippen LogP contribution < -0.4 is 0 Å². The van der Waals surface area contributed by atoms with Crippen LogP contribution in [0.5, 0.6) is 0 Å². The molecule has 17 heavy (non-hydrogen) atoms. The van der Waals surface area contributed by atoms with Gasteiger partial charge in [0, 0.05) is 0 Å². The van der Waals surface area contributed by atoms with E-state index in [2.05, 4.69) is 0 Å². The average molecular weight is 242 g/mol. The van der Waals surface area contributed by atoms with Crippen molar-refractivity contribution in [2.24, 2.45) is 11.8 Å². The highest BCUT2D eigenvalue weighted by Crippen LogP contribution is 2.27. The second kappa shape index (κ2) is 6.37. The van der Waals surface area contributed by atoms with Gasteiger partial charge in [-0.05, 0) is 26.7 Å². The smallest absolute Gasteiger partial charge is 0.316 e. The van der Waals surface area contributed by atoms with Gasteiger partial charge in [-0.25, -0.2) is 0 Å². The molecule has 5 nitrogen and oxygen atoms in total. The third kappa shape index (κ3) is 3.28. The van der Waals surface area contributed by atoms with Crippen LogP contribution in [-0.4, -0.2) is 30.9 Å². The van der Waals surface area contributed by atoms with Gasteiger partial charge in [-0.3, -0.25) is 14.4 Å². The van der Waals surface area contributed by atoms with Crippen molar-refractivity contribution in [1.82, 2.24) is 0 Å². The lowest BCUT2D eigenvalue weighted by Crippen LogP contribution is -2.39. The third-order valence-corrected chi connectivity index (χ3v) is 2.81. The van der Waals surface area contributed by atoms with Crippen molar-refractivity contribution in [1.29, 1.82) is 0 Å². The SMILES string of the molecule is CCOC(=O)[C@H]1CCC[C@@H](C(=O)OCC)C1=O. The summed E-state index contributed by atoms with van der Waals surface area (Å²) in [5.41, 5.74) is 0. The number of rotatable bonds is 4. The molecule has 1 aliphatic carbocycles. The molecular weight excluding hydrogens is 224 g/mol. The summed E-state index contributed by atoms with van der Waals surface area (Å²) in [4.78, 5) is 35.0. The molecule has 2 atom stereocenters. The van der Waals surface area contributed by atoms with Crippen molar-refractivity contribution in [2.45, 2.75) is 33.1 Å². The van der Waals surface area contributed by atoms with E-state index in [1.165, 1.54) is 0 Å². The zero-order chi connectivity index (χ0) is 12.8. The van der Waals surface area contributed by atoms with Gasteiger partial charge in [0.05, 0.1) is 13.2 Å². The van der Waals surface area contributed by atoms with Gasteiger partial charge in [0.2, 0.25) is 0 Å². The Morgan fingerprint density at radius 2 is 1.47 bits per heavy atom. The molecule has 1 saturated carbocycles. The predicted octanol–water partition coefficient (Wildman–Crippen LogP) is 1.10. The van der Waals surface area contributed by atoms with Crippen molar-refractivity contribution in [3.05, 3.63) is 0 Å². The summed E-state index contributed by atoms with van der Waals surface area (Å²) in [6.07, 6.45) is 1.60. The Bertz CT molecular complexity index is 282. The predicted molar refractivity (Wildman–Crippen MR) is 59.1 cm³/mol. The second-order valence-corrected chi connectivity index (χ2v) is 3.94. The zero-order valence-corrected chi connectivity index (χ0v) is 10.2. The highest BCUT2D eigenvalue weighted by Gasteiger charge is 2.40. The first-order chi connectivity index (χ1) is 8.11. The van der Waals surface area contributed by atoms with Crippen LogP contribution in [0.4, 0.5) is 0 Å². The molecule has 0 amide bonds. The highest BCUT2D eigenvalue weighted by atomic mass is 16.5. The van der Waals surface area contributed by atoms with Crippen LogP contribution in [0.25, 0.3) is 0 Å². The van der Waals surface area contributed by atoms with E-state index in [-0.39, 0.29) is 19.0 Å². The maximum absolute atomic E-state index is 12.0. The van der Waals surface area contributed by atoms with E-state index < -0.39 is 23.8 Å². The largest absolute Gasteiger partial charge is 0.465 e. The number of Topliss-reactive ketones (excluding diaryl/α,β-unsaturated/α-hetero) is 1. The zero-order valence-electron chi connectivity index (χ0n) is 10.2. The van der Waals surface area contributed by atoms with Gasteiger partial charge in [0.1, 0.15) is 11.8 Å². The molecule has 0 bridgehead atoms. The van der Waals surface area contributed by atoms with Crippen LogP contribution >= 0.6 is 0 Å². The minimum atomic E-state index is -0.793. The number of esters is 2. The number of ether oxygens (including phenoxy) is 2. The quantitative estimate of drug-likeness (QED) is 0.545. The van der Waals surface area contributed by atoms with E-state index in [4.69, 9.17) is 9.47 Å². The molecule has 0 spiro atoms. The molecule has 1 aliphatic rings. The number of hydrogen-bond acceptors (Lipinski definition) is 5. The maximum Gasteiger partial charge on any atom is 0.316 e. The van der Waals surface area contributed by atoms with Gasteiger partial charge in [-0.2, -0.15) is 0 Å². The topological polar surface area (TPSA) is 69.7 Å². The second-order valence-electron chi connectivity index (χ2n) is 3.94. The summed E-state index contributed by atoms with van der Waals surface area (Å²) >= 11 is 0. The van der Waals surface area contributed by atoms with Crippen molar-refractivity contribution < 1.29 is 23.9 Å². The monoisotopic (exact) mass is 242 g/mol. The van der Waals surface area contributed by atoms with Gasteiger partial charge < -0.3 is 9.47 Å². The molecule has 0 radical (unpaired) electrons. The molecule has 0 aromatic rings. The van der Waals surface area contributed by atoms with Gasteiger partial charge in [-0.15, -0.1) is 0 Å². The van der Waals surface area contributed by atoms with Crippen molar-refractivity contribution in [3.63, 3.8) is 0 Å². The fourth-order valence-corrected chi connectivity index (χ4v) is 2.01. The van der Waals surface area contributed by atoms with Crippen LogP contribution in [0, 0.1) is 11.8 Å². The number of hydrogen-bond donors (Lipinski definition) is 0. The first kappa shape index (κ1) is 13.7. The molecule has 5 heteroatoms. The molecule has 0 unspecified atom stereocenters. The lowest BCUT2D eigenvalue weighted by molar-refractivity contribution is -0.159. The Kier molecular flexibility index (Phi) is 5.12. The number of ketones is 1. The Morgan fingerprint density at radius 3 is 1.82 bits per heavy atom. The summed E-state index contributed by atoms with van der Waals surface area (Å²) in [6, 6.07) is 0. The third-order valence-electron chi connectivity index (χ3n) is 2.81. The molecular formula is C12H18O5. The average Bonchev–Trinajstić information content (AvgIpc) is 2.29. The van der Waals surface area contributed by atoms with Crippen molar-refractivity contribution in [2.75, 3.05) is 13.2 Å². The molecule has 0 saturated heterocycles. The van der Waals surface area contributed by atoms with Crippen molar-refractivity contribution >= 4 is 17.7 Å². The molecule has 0 aliphatic heterocycles. The van der Waals surface area contributed by atoms with Crippen molar-refractivity contribution in [3.8, 4) is 0 Å². The minimum Gasteiger partial charge on any atom is -0.465 e. The Hall–Kier alpha value is -1.39. The van der Waals surface area contributed by atoms with Crippen LogP contribution in [0.1, 0.15) is 33.1 Å². The number of carbonyl (C=O) groups is 3. The maximum atomic E-state index is 12.0.